The molecule has 0 saturated carbocycles. The van der Waals surface area contributed by atoms with E-state index in [1.165, 1.54) is 7.11 Å². The number of carbonyl (C=O) groups is 3. The molecule has 3 amide bonds. The highest BCUT2D eigenvalue weighted by molar-refractivity contribution is 6.07. The summed E-state index contributed by atoms with van der Waals surface area (Å²) in [4.78, 5) is 57.2. The Bertz CT molecular complexity index is 2070. The largest absolute Gasteiger partial charge is 0.488 e. The topological polar surface area (TPSA) is 158 Å². The Morgan fingerprint density at radius 2 is 1.65 bits per heavy atom. The fourth-order valence-corrected chi connectivity index (χ4v) is 6.49. The van der Waals surface area contributed by atoms with Gasteiger partial charge in [0.15, 0.2) is 0 Å². The van der Waals surface area contributed by atoms with Crippen molar-refractivity contribution in [2.75, 3.05) is 27.2 Å². The molecule has 3 heterocycles. The van der Waals surface area contributed by atoms with E-state index in [-0.39, 0.29) is 43.5 Å². The molecule has 4 N–H and O–H groups in total. The third kappa shape index (κ3) is 7.39. The van der Waals surface area contributed by atoms with Crippen LogP contribution in [0.3, 0.4) is 0 Å². The zero-order valence-electron chi connectivity index (χ0n) is 30.1. The summed E-state index contributed by atoms with van der Waals surface area (Å²) >= 11 is 0. The molecule has 0 spiro atoms. The lowest BCUT2D eigenvalue weighted by Gasteiger charge is -2.28. The van der Waals surface area contributed by atoms with Crippen LogP contribution in [0, 0.1) is 0 Å². The number of aromatic amines is 2. The van der Waals surface area contributed by atoms with Crippen LogP contribution in [0.1, 0.15) is 57.7 Å². The molecule has 0 saturated heterocycles. The summed E-state index contributed by atoms with van der Waals surface area (Å²) in [6.45, 7) is 9.34. The average Bonchev–Trinajstić information content (AvgIpc) is 3.80. The molecular formula is C38H46N8O5. The van der Waals surface area contributed by atoms with Gasteiger partial charge in [0, 0.05) is 23.0 Å². The zero-order valence-corrected chi connectivity index (χ0v) is 30.1. The Hall–Kier alpha value is -5.43. The lowest BCUT2D eigenvalue weighted by Crippen LogP contribution is -2.44. The van der Waals surface area contributed by atoms with Crippen LogP contribution in [0.4, 0.5) is 4.79 Å². The van der Waals surface area contributed by atoms with Gasteiger partial charge in [-0.1, -0.05) is 32.0 Å². The van der Waals surface area contributed by atoms with E-state index < -0.39 is 6.09 Å². The number of likely N-dealkylation sites (N-methyl/N-ethyl adjacent to an activating group) is 1. The van der Waals surface area contributed by atoms with Crippen molar-refractivity contribution < 1.29 is 23.9 Å². The van der Waals surface area contributed by atoms with Crippen molar-refractivity contribution >= 4 is 39.7 Å². The van der Waals surface area contributed by atoms with Crippen molar-refractivity contribution in [1.82, 2.24) is 40.4 Å². The number of ether oxygens (including phenoxy) is 2. The minimum atomic E-state index is -0.649. The number of hydrogen-bond donors (Lipinski definition) is 4. The first-order valence-corrected chi connectivity index (χ1v) is 17.4. The number of carbonyl (C=O) groups excluding carboxylic acids is 3. The Labute approximate surface area is 297 Å². The number of H-pyrrole nitrogens is 2. The molecule has 0 fully saturated rings. The second-order valence-electron chi connectivity index (χ2n) is 13.1. The minimum Gasteiger partial charge on any atom is -0.488 e. The summed E-state index contributed by atoms with van der Waals surface area (Å²) in [5, 5.41) is 7.51. The normalized spacial score (nSPS) is 13.2. The van der Waals surface area contributed by atoms with Crippen molar-refractivity contribution in [3.63, 3.8) is 0 Å². The highest BCUT2D eigenvalue weighted by atomic mass is 16.5. The Morgan fingerprint density at radius 3 is 2.35 bits per heavy atom. The maximum absolute atomic E-state index is 12.9. The van der Waals surface area contributed by atoms with Crippen molar-refractivity contribution in [1.29, 1.82) is 0 Å². The first kappa shape index (κ1) is 35.4. The van der Waals surface area contributed by atoms with E-state index in [4.69, 9.17) is 9.72 Å². The van der Waals surface area contributed by atoms with Crippen LogP contribution in [-0.4, -0.2) is 87.0 Å². The standard InChI is InChI=1S/C38H46N8O5/c1-7-22(3)45(36(48)18-41-38(49)50-6)19-33-40-16-31(43-33)25-9-11-27-26(13-25)21-51-32-15-28-24(14-29(27)32)10-12-30-37(28)44-34(42-30)20-46(23(4)8-2)35(47)17-39-5/h9-16,22-23,39H,7-8,17-21H2,1-6H3,(H,40,43)(H,41,49)(H,42,44)/t22-,23-/m0/s1. The maximum Gasteiger partial charge on any atom is 0.407 e. The van der Waals surface area contributed by atoms with E-state index in [1.807, 2.05) is 24.8 Å². The Kier molecular flexibility index (Phi) is 10.6. The number of fused-ring (bicyclic) bond motifs is 6. The maximum atomic E-state index is 12.9. The molecule has 0 bridgehead atoms. The summed E-state index contributed by atoms with van der Waals surface area (Å²) in [5.74, 6) is 2.02. The van der Waals surface area contributed by atoms with Crippen LogP contribution in [0.2, 0.25) is 0 Å². The molecule has 13 nitrogen and oxygen atoms in total. The number of aromatic nitrogens is 4. The van der Waals surface area contributed by atoms with Gasteiger partial charge in [0.1, 0.15) is 30.5 Å². The first-order chi connectivity index (χ1) is 24.6. The molecule has 268 valence electrons. The van der Waals surface area contributed by atoms with Gasteiger partial charge in [-0.15, -0.1) is 0 Å². The van der Waals surface area contributed by atoms with Crippen LogP contribution < -0.4 is 15.4 Å². The molecular weight excluding hydrogens is 648 g/mol. The van der Waals surface area contributed by atoms with Crippen LogP contribution >= 0.6 is 0 Å². The van der Waals surface area contributed by atoms with Crippen LogP contribution in [0.25, 0.3) is 44.2 Å². The number of imidazole rings is 2. The van der Waals surface area contributed by atoms with Gasteiger partial charge >= 0.3 is 6.09 Å². The highest BCUT2D eigenvalue weighted by Gasteiger charge is 2.24. The fourth-order valence-electron chi connectivity index (χ4n) is 6.49. The highest BCUT2D eigenvalue weighted by Crippen LogP contribution is 2.42. The average molecular weight is 695 g/mol. The van der Waals surface area contributed by atoms with Gasteiger partial charge in [0.25, 0.3) is 0 Å². The Balaban J connectivity index is 1.23. The van der Waals surface area contributed by atoms with Gasteiger partial charge in [-0.05, 0) is 80.1 Å². The number of nitrogens with one attached hydrogen (secondary N) is 4. The predicted octanol–water partition coefficient (Wildman–Crippen LogP) is 5.50. The summed E-state index contributed by atoms with van der Waals surface area (Å²) in [6.07, 6.45) is 2.73. The molecule has 0 unspecified atom stereocenters. The van der Waals surface area contributed by atoms with Crippen molar-refractivity contribution in [3.8, 4) is 28.1 Å². The summed E-state index contributed by atoms with van der Waals surface area (Å²) in [7, 11) is 3.04. The van der Waals surface area contributed by atoms with Gasteiger partial charge in [-0.25, -0.2) is 14.8 Å². The van der Waals surface area contributed by atoms with E-state index in [2.05, 4.69) is 80.6 Å². The quantitative estimate of drug-likeness (QED) is 0.126. The second-order valence-corrected chi connectivity index (χ2v) is 13.1. The molecule has 0 radical (unpaired) electrons. The van der Waals surface area contributed by atoms with Crippen molar-refractivity contribution in [2.24, 2.45) is 0 Å². The summed E-state index contributed by atoms with van der Waals surface area (Å²) in [5.41, 5.74) is 6.73. The van der Waals surface area contributed by atoms with E-state index >= 15 is 0 Å². The summed E-state index contributed by atoms with van der Waals surface area (Å²) in [6, 6.07) is 14.7. The number of methoxy groups -OCH3 is 1. The lowest BCUT2D eigenvalue weighted by molar-refractivity contribution is -0.133. The third-order valence-electron chi connectivity index (χ3n) is 9.76. The molecule has 1 aliphatic heterocycles. The van der Waals surface area contributed by atoms with Crippen LogP contribution in [0.15, 0.2) is 48.7 Å². The molecule has 51 heavy (non-hydrogen) atoms. The third-order valence-corrected chi connectivity index (χ3v) is 9.76. The molecule has 2 atom stereocenters. The van der Waals surface area contributed by atoms with E-state index in [0.29, 0.717) is 19.0 Å². The molecule has 5 aromatic rings. The fraction of sp³-hybridized carbons (Fsp3) is 0.395. The van der Waals surface area contributed by atoms with Gasteiger partial charge in [0.2, 0.25) is 11.8 Å². The second kappa shape index (κ2) is 15.2. The molecule has 6 rings (SSSR count). The van der Waals surface area contributed by atoms with E-state index in [0.717, 1.165) is 74.2 Å². The van der Waals surface area contributed by atoms with Gasteiger partial charge in [-0.2, -0.15) is 0 Å². The summed E-state index contributed by atoms with van der Waals surface area (Å²) < 4.78 is 10.9. The molecule has 1 aliphatic rings. The number of nitrogens with zero attached hydrogens (tertiary/aromatic N) is 4. The molecule has 3 aromatic carbocycles. The number of alkyl carbamates (subject to hydrolysis) is 1. The van der Waals surface area contributed by atoms with Crippen molar-refractivity contribution in [3.05, 3.63) is 65.9 Å². The number of benzene rings is 3. The number of rotatable bonds is 13. The smallest absolute Gasteiger partial charge is 0.407 e. The van der Waals surface area contributed by atoms with Crippen LogP contribution in [0.5, 0.6) is 5.75 Å². The van der Waals surface area contributed by atoms with Gasteiger partial charge < -0.3 is 39.9 Å². The lowest BCUT2D eigenvalue weighted by atomic mass is 9.92. The van der Waals surface area contributed by atoms with E-state index in [9.17, 15) is 14.4 Å². The minimum absolute atomic E-state index is 0.0426. The van der Waals surface area contributed by atoms with E-state index in [1.54, 1.807) is 18.1 Å². The number of hydrogen-bond acceptors (Lipinski definition) is 8. The number of amides is 3. The molecule has 13 heteroatoms. The monoisotopic (exact) mass is 694 g/mol. The van der Waals surface area contributed by atoms with Gasteiger partial charge in [0.05, 0.1) is 49.7 Å². The van der Waals surface area contributed by atoms with Crippen LogP contribution in [-0.2, 0) is 34.0 Å². The SMILES string of the molecule is CC[C@H](C)N(Cc1ncc(-c2ccc3c(c2)COc2cc4c(ccc5nc(CN(C(=O)CNC)[C@@H](C)CC)[nH]c54)cc2-3)[nH]1)C(=O)CNC(=O)OC. The predicted molar refractivity (Wildman–Crippen MR) is 196 cm³/mol. The van der Waals surface area contributed by atoms with Crippen molar-refractivity contribution in [2.45, 2.75) is 72.3 Å². The molecule has 2 aromatic heterocycles. The van der Waals surface area contributed by atoms with Gasteiger partial charge in [-0.3, -0.25) is 9.59 Å². The first-order valence-electron chi connectivity index (χ1n) is 17.4. The zero-order chi connectivity index (χ0) is 36.2. The Morgan fingerprint density at radius 1 is 0.922 bits per heavy atom. The molecule has 0 aliphatic carbocycles.